The maximum Gasteiger partial charge on any atom is 0.127 e. The minimum Gasteiger partial charge on any atom is -0.498 e. The van der Waals surface area contributed by atoms with E-state index in [1.807, 2.05) is 6.26 Å². The van der Waals surface area contributed by atoms with E-state index in [2.05, 4.69) is 55.3 Å². The summed E-state index contributed by atoms with van der Waals surface area (Å²) < 4.78 is 17.7. The molecule has 3 aliphatic heterocycles. The standard InChI is InChI=1S/C27H37N2O3P/c1-7-8-24(30-3)21-15-32-16(2)20-14-29-10-9-17-19-12-25(31-4)26(33(5)6)13-22(19)28-27(17)23(29)11-18(20)21/h8,12-13,15-16,18,20,23,28H,7,9-11,14H2,1-6H3/b24-8+. The predicted molar refractivity (Wildman–Crippen MR) is 137 cm³/mol. The van der Waals surface area contributed by atoms with E-state index in [9.17, 15) is 0 Å². The third kappa shape index (κ3) is 3.78. The molecular formula is C27H37N2O3P. The summed E-state index contributed by atoms with van der Waals surface area (Å²) in [5.74, 6) is 2.94. The molecule has 1 fully saturated rings. The summed E-state index contributed by atoms with van der Waals surface area (Å²) in [5, 5.41) is 2.67. The topological polar surface area (TPSA) is 46.7 Å². The third-order valence-corrected chi connectivity index (χ3v) is 9.20. The third-order valence-electron chi connectivity index (χ3n) is 7.89. The summed E-state index contributed by atoms with van der Waals surface area (Å²) in [6, 6.07) is 5.01. The molecule has 1 saturated heterocycles. The lowest BCUT2D eigenvalue weighted by molar-refractivity contribution is -0.0244. The molecule has 0 radical (unpaired) electrons. The minimum atomic E-state index is -0.236. The normalized spacial score (nSPS) is 27.5. The number of H-pyrrole nitrogens is 1. The van der Waals surface area contributed by atoms with E-state index < -0.39 is 0 Å². The van der Waals surface area contributed by atoms with Gasteiger partial charge in [0.1, 0.15) is 11.5 Å². The number of nitrogens with one attached hydrogen (secondary N) is 1. The van der Waals surface area contributed by atoms with Crippen molar-refractivity contribution in [3.63, 3.8) is 0 Å². The molecule has 4 heterocycles. The van der Waals surface area contributed by atoms with Gasteiger partial charge in [-0.1, -0.05) is 14.8 Å². The van der Waals surface area contributed by atoms with E-state index in [1.165, 1.54) is 33.0 Å². The van der Waals surface area contributed by atoms with Crippen LogP contribution in [0.25, 0.3) is 10.9 Å². The molecule has 0 aliphatic carbocycles. The summed E-state index contributed by atoms with van der Waals surface area (Å²) in [7, 11) is 3.34. The molecule has 4 atom stereocenters. The van der Waals surface area contributed by atoms with Crippen LogP contribution >= 0.6 is 7.92 Å². The van der Waals surface area contributed by atoms with Crippen molar-refractivity contribution in [1.82, 2.24) is 9.88 Å². The predicted octanol–water partition coefficient (Wildman–Crippen LogP) is 5.32. The van der Waals surface area contributed by atoms with E-state index in [1.54, 1.807) is 14.2 Å². The Labute approximate surface area is 198 Å². The van der Waals surface area contributed by atoms with E-state index in [4.69, 9.17) is 14.2 Å². The zero-order valence-corrected chi connectivity index (χ0v) is 21.7. The van der Waals surface area contributed by atoms with Crippen molar-refractivity contribution < 1.29 is 14.2 Å². The van der Waals surface area contributed by atoms with E-state index in [0.29, 0.717) is 17.9 Å². The molecular weight excluding hydrogens is 431 g/mol. The smallest absolute Gasteiger partial charge is 0.127 e. The number of ether oxygens (including phenoxy) is 3. The fourth-order valence-corrected chi connectivity index (χ4v) is 7.18. The van der Waals surface area contributed by atoms with Crippen LogP contribution in [0.1, 0.15) is 44.0 Å². The van der Waals surface area contributed by atoms with Crippen molar-refractivity contribution in [3.8, 4) is 5.75 Å². The fourth-order valence-electron chi connectivity index (χ4n) is 6.19. The number of piperidine rings is 1. The molecule has 0 bridgehead atoms. The highest BCUT2D eigenvalue weighted by Crippen LogP contribution is 2.49. The molecule has 33 heavy (non-hydrogen) atoms. The van der Waals surface area contributed by atoms with E-state index >= 15 is 0 Å². The minimum absolute atomic E-state index is 0.226. The molecule has 2 aromatic rings. The molecule has 1 N–H and O–H groups in total. The molecule has 0 saturated carbocycles. The van der Waals surface area contributed by atoms with Crippen molar-refractivity contribution >= 4 is 24.1 Å². The zero-order valence-electron chi connectivity index (χ0n) is 20.8. The van der Waals surface area contributed by atoms with Gasteiger partial charge in [0.2, 0.25) is 0 Å². The largest absolute Gasteiger partial charge is 0.498 e. The number of fused-ring (bicyclic) bond motifs is 6. The number of aromatic amines is 1. The molecule has 178 valence electrons. The van der Waals surface area contributed by atoms with E-state index in [0.717, 1.165) is 43.9 Å². The highest BCUT2D eigenvalue weighted by molar-refractivity contribution is 7.64. The summed E-state index contributed by atoms with van der Waals surface area (Å²) in [5.41, 5.74) is 5.38. The van der Waals surface area contributed by atoms with Gasteiger partial charge in [-0.25, -0.2) is 0 Å². The van der Waals surface area contributed by atoms with Crippen LogP contribution in [-0.2, 0) is 15.9 Å². The summed E-state index contributed by atoms with van der Waals surface area (Å²) in [6.45, 7) is 11.1. The second-order valence-corrected chi connectivity index (χ2v) is 12.1. The van der Waals surface area contributed by atoms with Crippen LogP contribution in [0.3, 0.4) is 0 Å². The van der Waals surface area contributed by atoms with Gasteiger partial charge >= 0.3 is 0 Å². The second kappa shape index (κ2) is 9.00. The van der Waals surface area contributed by atoms with Crippen LogP contribution in [0.2, 0.25) is 0 Å². The molecule has 1 aromatic carbocycles. The van der Waals surface area contributed by atoms with Gasteiger partial charge in [0.15, 0.2) is 0 Å². The second-order valence-electron chi connectivity index (χ2n) is 9.84. The van der Waals surface area contributed by atoms with Crippen molar-refractivity contribution in [1.29, 1.82) is 0 Å². The number of hydrogen-bond acceptors (Lipinski definition) is 4. The molecule has 6 heteroatoms. The monoisotopic (exact) mass is 468 g/mol. The van der Waals surface area contributed by atoms with E-state index in [-0.39, 0.29) is 14.0 Å². The number of aromatic nitrogens is 1. The van der Waals surface area contributed by atoms with Gasteiger partial charge in [0.05, 0.1) is 32.6 Å². The highest BCUT2D eigenvalue weighted by atomic mass is 31.1. The van der Waals surface area contributed by atoms with Crippen LogP contribution < -0.4 is 10.0 Å². The fraction of sp³-hybridized carbons (Fsp3) is 0.556. The number of benzene rings is 1. The Hall–Kier alpha value is -1.97. The quantitative estimate of drug-likeness (QED) is 0.477. The van der Waals surface area contributed by atoms with Crippen molar-refractivity contribution in [2.45, 2.75) is 45.3 Å². The van der Waals surface area contributed by atoms with Gasteiger partial charge < -0.3 is 19.2 Å². The molecule has 5 rings (SSSR count). The average Bonchev–Trinajstić information content (AvgIpc) is 3.19. The van der Waals surface area contributed by atoms with Crippen LogP contribution in [0.15, 0.2) is 35.8 Å². The van der Waals surface area contributed by atoms with Crippen molar-refractivity contribution in [2.75, 3.05) is 40.6 Å². The average molecular weight is 469 g/mol. The molecule has 5 nitrogen and oxygen atoms in total. The Balaban J connectivity index is 1.55. The first-order valence-corrected chi connectivity index (χ1v) is 14.4. The molecule has 0 spiro atoms. The first kappa shape index (κ1) is 22.8. The maximum absolute atomic E-state index is 6.12. The molecule has 3 aliphatic rings. The van der Waals surface area contributed by atoms with Crippen LogP contribution in [0.5, 0.6) is 5.75 Å². The number of allylic oxidation sites excluding steroid dienone is 2. The maximum atomic E-state index is 6.12. The van der Waals surface area contributed by atoms with Gasteiger partial charge in [-0.05, 0) is 69.2 Å². The SMILES string of the molecule is CC/C=C(/OC)C1=COC(C)C2CN3CCc4c([nH]c5cc(P(C)C)c(OC)cc45)C3CC12. The van der Waals surface area contributed by atoms with Crippen LogP contribution in [0.4, 0.5) is 0 Å². The van der Waals surface area contributed by atoms with Crippen LogP contribution in [-0.4, -0.2) is 56.6 Å². The van der Waals surface area contributed by atoms with Gasteiger partial charge in [-0.3, -0.25) is 4.90 Å². The number of hydrogen-bond donors (Lipinski definition) is 1. The Morgan fingerprint density at radius 2 is 2.12 bits per heavy atom. The number of rotatable bonds is 5. The van der Waals surface area contributed by atoms with Crippen LogP contribution in [0, 0.1) is 11.8 Å². The molecule has 0 amide bonds. The zero-order chi connectivity index (χ0) is 23.3. The lowest BCUT2D eigenvalue weighted by Crippen LogP contribution is -2.50. The van der Waals surface area contributed by atoms with Gasteiger partial charge in [0, 0.05) is 46.5 Å². The highest BCUT2D eigenvalue weighted by Gasteiger charge is 2.46. The summed E-state index contributed by atoms with van der Waals surface area (Å²) in [6.07, 6.45) is 7.51. The first-order chi connectivity index (χ1) is 16.0. The Kier molecular flexibility index (Phi) is 6.22. The van der Waals surface area contributed by atoms with Crippen molar-refractivity contribution in [3.05, 3.63) is 47.1 Å². The Bertz CT molecular complexity index is 1100. The van der Waals surface area contributed by atoms with Gasteiger partial charge in [0.25, 0.3) is 0 Å². The van der Waals surface area contributed by atoms with Gasteiger partial charge in [-0.15, -0.1) is 0 Å². The molecule has 4 unspecified atom stereocenters. The summed E-state index contributed by atoms with van der Waals surface area (Å²) >= 11 is 0. The summed E-state index contributed by atoms with van der Waals surface area (Å²) in [4.78, 5) is 6.55. The van der Waals surface area contributed by atoms with Crippen molar-refractivity contribution in [2.24, 2.45) is 11.8 Å². The molecule has 1 aromatic heterocycles. The number of methoxy groups -OCH3 is 2. The van der Waals surface area contributed by atoms with Gasteiger partial charge in [-0.2, -0.15) is 0 Å². The lowest BCUT2D eigenvalue weighted by atomic mass is 9.71. The Morgan fingerprint density at radius 1 is 1.30 bits per heavy atom. The lowest BCUT2D eigenvalue weighted by Gasteiger charge is -2.49. The first-order valence-electron chi connectivity index (χ1n) is 12.2. The Morgan fingerprint density at radius 3 is 2.82 bits per heavy atom. The number of nitrogens with zero attached hydrogens (tertiary/aromatic N) is 1.